The van der Waals surface area contributed by atoms with Gasteiger partial charge in [-0.15, -0.1) is 0 Å². The smallest absolute Gasteiger partial charge is 0.313 e. The molecule has 1 fully saturated rings. The summed E-state index contributed by atoms with van der Waals surface area (Å²) < 4.78 is 9.99. The van der Waals surface area contributed by atoms with E-state index in [0.717, 1.165) is 0 Å². The van der Waals surface area contributed by atoms with Crippen molar-refractivity contribution in [2.75, 3.05) is 0 Å². The van der Waals surface area contributed by atoms with Crippen LogP contribution in [0.4, 0.5) is 0 Å². The molecule has 0 aromatic rings. The zero-order valence-corrected chi connectivity index (χ0v) is 7.23. The van der Waals surface area contributed by atoms with E-state index in [4.69, 9.17) is 9.47 Å². The molecule has 0 amide bonds. The van der Waals surface area contributed by atoms with Crippen LogP contribution in [0.2, 0.25) is 0 Å². The Hall–Kier alpha value is -1.32. The molecule has 2 bridgehead atoms. The normalized spacial score (nSPS) is 35.8. The summed E-state index contributed by atoms with van der Waals surface area (Å²) in [6.45, 7) is 1.34. The highest BCUT2D eigenvalue weighted by molar-refractivity contribution is 5.77. The summed E-state index contributed by atoms with van der Waals surface area (Å²) in [6.07, 6.45) is 3.45. The van der Waals surface area contributed by atoms with Gasteiger partial charge in [0, 0.05) is 13.3 Å². The lowest BCUT2D eigenvalue weighted by Crippen LogP contribution is -2.30. The van der Waals surface area contributed by atoms with Crippen LogP contribution in [0.5, 0.6) is 0 Å². The second-order valence-electron chi connectivity index (χ2n) is 3.28. The summed E-state index contributed by atoms with van der Waals surface area (Å²) >= 11 is 0. The number of hydrogen-bond donors (Lipinski definition) is 0. The number of rotatable bonds is 1. The van der Waals surface area contributed by atoms with Gasteiger partial charge in [-0.05, 0) is 6.08 Å². The molecule has 13 heavy (non-hydrogen) atoms. The predicted molar refractivity (Wildman–Crippen MR) is 42.7 cm³/mol. The second-order valence-corrected chi connectivity index (χ2v) is 3.28. The molecule has 70 valence electrons. The third kappa shape index (κ3) is 1.43. The molecule has 0 spiro atoms. The first-order valence-corrected chi connectivity index (χ1v) is 4.23. The summed E-state index contributed by atoms with van der Waals surface area (Å²) in [5.41, 5.74) is 0. The highest BCUT2D eigenvalue weighted by Crippen LogP contribution is 2.30. The molecule has 0 saturated carbocycles. The molecule has 1 aliphatic carbocycles. The lowest BCUT2D eigenvalue weighted by molar-refractivity contribution is -0.156. The summed E-state index contributed by atoms with van der Waals surface area (Å²) in [6, 6.07) is 0. The molecule has 1 saturated heterocycles. The monoisotopic (exact) mass is 182 g/mol. The number of carbonyl (C=O) groups is 2. The van der Waals surface area contributed by atoms with E-state index in [9.17, 15) is 9.59 Å². The number of carbonyl (C=O) groups excluding carboxylic acids is 2. The molecule has 2 rings (SSSR count). The van der Waals surface area contributed by atoms with Crippen LogP contribution in [0.1, 0.15) is 13.3 Å². The van der Waals surface area contributed by atoms with Gasteiger partial charge in [0.2, 0.25) is 0 Å². The van der Waals surface area contributed by atoms with Crippen molar-refractivity contribution < 1.29 is 19.1 Å². The first-order chi connectivity index (χ1) is 6.16. The van der Waals surface area contributed by atoms with Gasteiger partial charge in [-0.3, -0.25) is 9.59 Å². The third-order valence-corrected chi connectivity index (χ3v) is 2.26. The van der Waals surface area contributed by atoms with Crippen molar-refractivity contribution in [3.63, 3.8) is 0 Å². The Kier molecular flexibility index (Phi) is 1.83. The zero-order valence-electron chi connectivity index (χ0n) is 7.23. The Bertz CT molecular complexity index is 281. The van der Waals surface area contributed by atoms with E-state index in [1.807, 2.05) is 0 Å². The quantitative estimate of drug-likeness (QED) is 0.435. The predicted octanol–water partition coefficient (Wildman–Crippen LogP) is 0.420. The van der Waals surface area contributed by atoms with Gasteiger partial charge < -0.3 is 9.47 Å². The van der Waals surface area contributed by atoms with Gasteiger partial charge in [0.05, 0.1) is 5.92 Å². The SMILES string of the molecule is CC(=O)O[C@H]1C=C[C@H]2C[C@@H]1OC2=O. The fraction of sp³-hybridized carbons (Fsp3) is 0.556. The van der Waals surface area contributed by atoms with Gasteiger partial charge >= 0.3 is 11.9 Å². The molecular weight excluding hydrogens is 172 g/mol. The van der Waals surface area contributed by atoms with Gasteiger partial charge in [0.1, 0.15) is 6.10 Å². The number of esters is 2. The van der Waals surface area contributed by atoms with Crippen LogP contribution < -0.4 is 0 Å². The molecule has 2 aliphatic rings. The average molecular weight is 182 g/mol. The van der Waals surface area contributed by atoms with Crippen molar-refractivity contribution in [2.45, 2.75) is 25.6 Å². The molecule has 1 heterocycles. The van der Waals surface area contributed by atoms with Crippen molar-refractivity contribution in [3.05, 3.63) is 12.2 Å². The Balaban J connectivity index is 2.09. The number of ether oxygens (including phenoxy) is 2. The van der Waals surface area contributed by atoms with Gasteiger partial charge in [-0.1, -0.05) is 6.08 Å². The largest absolute Gasteiger partial charge is 0.458 e. The first-order valence-electron chi connectivity index (χ1n) is 4.23. The van der Waals surface area contributed by atoms with E-state index < -0.39 is 0 Å². The lowest BCUT2D eigenvalue weighted by atomic mass is 9.95. The minimum absolute atomic E-state index is 0.128. The topological polar surface area (TPSA) is 52.6 Å². The second kappa shape index (κ2) is 2.87. The van der Waals surface area contributed by atoms with Crippen LogP contribution in [0, 0.1) is 5.92 Å². The minimum atomic E-state index is -0.389. The average Bonchev–Trinajstić information content (AvgIpc) is 2.34. The molecule has 0 aromatic carbocycles. The molecule has 0 N–H and O–H groups in total. The lowest BCUT2D eigenvalue weighted by Gasteiger charge is -2.20. The van der Waals surface area contributed by atoms with Crippen molar-refractivity contribution in [2.24, 2.45) is 5.92 Å². The van der Waals surface area contributed by atoms with Crippen LogP contribution in [0.25, 0.3) is 0 Å². The molecule has 4 heteroatoms. The molecule has 0 aromatic heterocycles. The Labute approximate surface area is 75.5 Å². The molecular formula is C9H10O4. The van der Waals surface area contributed by atoms with E-state index in [-0.39, 0.29) is 30.1 Å². The number of hydrogen-bond acceptors (Lipinski definition) is 4. The maximum Gasteiger partial charge on any atom is 0.313 e. The van der Waals surface area contributed by atoms with Crippen LogP contribution in [-0.4, -0.2) is 24.1 Å². The highest BCUT2D eigenvalue weighted by atomic mass is 16.6. The number of fused-ring (bicyclic) bond motifs is 2. The summed E-state index contributed by atoms with van der Waals surface area (Å²) in [5.74, 6) is -0.691. The molecule has 0 radical (unpaired) electrons. The van der Waals surface area contributed by atoms with Crippen LogP contribution in [-0.2, 0) is 19.1 Å². The van der Waals surface area contributed by atoms with E-state index >= 15 is 0 Å². The van der Waals surface area contributed by atoms with Crippen LogP contribution in [0.15, 0.2) is 12.2 Å². The fourth-order valence-electron chi connectivity index (χ4n) is 1.66. The standard InChI is InChI=1S/C9H10O4/c1-5(10)12-7-3-2-6-4-8(7)13-9(6)11/h2-3,6-8H,4H2,1H3/t6-,7-,8-/m0/s1. The summed E-state index contributed by atoms with van der Waals surface area (Å²) in [5, 5.41) is 0. The summed E-state index contributed by atoms with van der Waals surface area (Å²) in [7, 11) is 0. The van der Waals surface area contributed by atoms with Crippen molar-refractivity contribution >= 4 is 11.9 Å². The zero-order chi connectivity index (χ0) is 9.42. The van der Waals surface area contributed by atoms with Crippen molar-refractivity contribution in [1.82, 2.24) is 0 Å². The molecule has 1 aliphatic heterocycles. The molecule has 3 atom stereocenters. The van der Waals surface area contributed by atoms with E-state index in [1.165, 1.54) is 6.92 Å². The van der Waals surface area contributed by atoms with Crippen LogP contribution in [0.3, 0.4) is 0 Å². The Morgan fingerprint density at radius 2 is 2.38 bits per heavy atom. The van der Waals surface area contributed by atoms with Crippen molar-refractivity contribution in [1.29, 1.82) is 0 Å². The fourth-order valence-corrected chi connectivity index (χ4v) is 1.66. The molecule has 4 nitrogen and oxygen atoms in total. The minimum Gasteiger partial charge on any atom is -0.458 e. The highest BCUT2D eigenvalue weighted by Gasteiger charge is 2.41. The first kappa shape index (κ1) is 8.29. The van der Waals surface area contributed by atoms with E-state index in [1.54, 1.807) is 12.2 Å². The Morgan fingerprint density at radius 1 is 1.62 bits per heavy atom. The Morgan fingerprint density at radius 3 is 3.08 bits per heavy atom. The summed E-state index contributed by atoms with van der Waals surface area (Å²) in [4.78, 5) is 21.7. The molecule has 0 unspecified atom stereocenters. The third-order valence-electron chi connectivity index (χ3n) is 2.26. The maximum atomic E-state index is 11.1. The maximum absolute atomic E-state index is 11.1. The van der Waals surface area contributed by atoms with E-state index in [0.29, 0.717) is 6.42 Å². The van der Waals surface area contributed by atoms with Gasteiger partial charge in [-0.2, -0.15) is 0 Å². The van der Waals surface area contributed by atoms with Gasteiger partial charge in [-0.25, -0.2) is 0 Å². The van der Waals surface area contributed by atoms with Crippen molar-refractivity contribution in [3.8, 4) is 0 Å². The van der Waals surface area contributed by atoms with Crippen LogP contribution >= 0.6 is 0 Å². The van der Waals surface area contributed by atoms with Gasteiger partial charge in [0.15, 0.2) is 6.10 Å². The van der Waals surface area contributed by atoms with E-state index in [2.05, 4.69) is 0 Å². The van der Waals surface area contributed by atoms with Gasteiger partial charge in [0.25, 0.3) is 0 Å².